The zero-order valence-corrected chi connectivity index (χ0v) is 31.6. The van der Waals surface area contributed by atoms with Gasteiger partial charge in [-0.05, 0) is 91.3 Å². The molecule has 1 spiro atoms. The molecule has 4 saturated heterocycles. The highest BCUT2D eigenvalue weighted by Gasteiger charge is 2.70. The second-order valence-corrected chi connectivity index (χ2v) is 18.8. The fourth-order valence-electron chi connectivity index (χ4n) is 13.3. The Labute approximate surface area is 312 Å². The first-order valence-corrected chi connectivity index (χ1v) is 20.4. The van der Waals surface area contributed by atoms with Crippen LogP contribution in [0.2, 0.25) is 0 Å². The molecule has 0 amide bonds. The largest absolute Gasteiger partial charge is 0.394 e. The zero-order chi connectivity index (χ0) is 37.8. The molecule has 0 radical (unpaired) electrons. The van der Waals surface area contributed by atoms with E-state index in [4.69, 9.17) is 28.4 Å². The summed E-state index contributed by atoms with van der Waals surface area (Å²) in [5.74, 6) is 2.59. The smallest absolute Gasteiger partial charge is 0.187 e. The molecule has 14 heteroatoms. The van der Waals surface area contributed by atoms with Crippen LogP contribution in [0.5, 0.6) is 0 Å². The molecule has 0 bridgehead atoms. The maximum absolute atomic E-state index is 12.0. The SMILES string of the molecule is C[C@H]1CC[C@@]2(OC1)O[C@H]1C[C@H]3[C@@H]4CCC5C[C@@H](O[C@@H]6O[C@H](CO)[C@@H](O[C@@H]7O[C@H](CO)[C@@H](O)[C@H](O)[C@H]7O)[C@H](O)[C@H]6O)C[C@@H](O)[C@]5(C)[C@H]4CC[C@]3(C)[C@H]1[C@@H]2C. The number of fused-ring (bicyclic) bond motifs is 7. The van der Waals surface area contributed by atoms with Gasteiger partial charge in [-0.3, -0.25) is 0 Å². The van der Waals surface area contributed by atoms with Gasteiger partial charge >= 0.3 is 0 Å². The summed E-state index contributed by atoms with van der Waals surface area (Å²) in [6.07, 6.45) is -7.56. The third-order valence-electron chi connectivity index (χ3n) is 16.3. The van der Waals surface area contributed by atoms with E-state index >= 15 is 0 Å². The number of rotatable bonds is 6. The lowest BCUT2D eigenvalue weighted by Crippen LogP contribution is -2.65. The van der Waals surface area contributed by atoms with Crippen molar-refractivity contribution < 1.29 is 69.3 Å². The van der Waals surface area contributed by atoms with E-state index < -0.39 is 92.6 Å². The molecule has 14 nitrogen and oxygen atoms in total. The molecule has 1 unspecified atom stereocenters. The monoisotopic (exact) mass is 756 g/mol. The van der Waals surface area contributed by atoms with Crippen molar-refractivity contribution >= 4 is 0 Å². The van der Waals surface area contributed by atoms with Crippen LogP contribution in [0.4, 0.5) is 0 Å². The average Bonchev–Trinajstić information content (AvgIpc) is 3.58. The maximum atomic E-state index is 12.0. The van der Waals surface area contributed by atoms with E-state index in [0.717, 1.165) is 51.6 Å². The van der Waals surface area contributed by atoms with E-state index in [9.17, 15) is 40.9 Å². The molecule has 0 aromatic carbocycles. The van der Waals surface area contributed by atoms with Gasteiger partial charge in [-0.25, -0.2) is 0 Å². The van der Waals surface area contributed by atoms with Gasteiger partial charge in [0, 0.05) is 18.8 Å². The van der Waals surface area contributed by atoms with Crippen molar-refractivity contribution in [2.75, 3.05) is 19.8 Å². The Hall–Kier alpha value is -0.560. The van der Waals surface area contributed by atoms with Crippen LogP contribution < -0.4 is 0 Å². The van der Waals surface area contributed by atoms with Crippen molar-refractivity contribution in [1.82, 2.24) is 0 Å². The molecular weight excluding hydrogens is 692 g/mol. The average molecular weight is 757 g/mol. The molecule has 0 aromatic rings. The Morgan fingerprint density at radius 3 is 2.09 bits per heavy atom. The van der Waals surface area contributed by atoms with Gasteiger partial charge in [0.1, 0.15) is 48.8 Å². The minimum atomic E-state index is -1.74. The van der Waals surface area contributed by atoms with Gasteiger partial charge in [-0.15, -0.1) is 0 Å². The van der Waals surface area contributed by atoms with Crippen molar-refractivity contribution in [3.63, 3.8) is 0 Å². The predicted molar refractivity (Wildman–Crippen MR) is 184 cm³/mol. The number of aliphatic hydroxyl groups is 8. The summed E-state index contributed by atoms with van der Waals surface area (Å²) >= 11 is 0. The maximum Gasteiger partial charge on any atom is 0.187 e. The molecule has 4 heterocycles. The van der Waals surface area contributed by atoms with E-state index in [0.29, 0.717) is 48.3 Å². The summed E-state index contributed by atoms with van der Waals surface area (Å²) in [5, 5.41) is 84.8. The standard InChI is InChI=1S/C39H64O14/c1-17-7-10-39(48-16-17)18(2)28-24(53-39)13-23-21-6-5-19-11-20(12-27(42)38(19,4)22(21)8-9-37(23,28)3)49-35-33(47)31(45)34(26(15-41)51-35)52-36-32(46)30(44)29(43)25(14-40)50-36/h17-36,40-47H,5-16H2,1-4H3/t17-,18-,19?,20+,21+,22-,23-,24-,25+,26+,27+,28-,29+,30-,31+,32+,33+,34+,35+,36-,37-,38-,39+/m0/s1. The third-order valence-corrected chi connectivity index (χ3v) is 16.3. The summed E-state index contributed by atoms with van der Waals surface area (Å²) in [5.41, 5.74) is -0.111. The van der Waals surface area contributed by atoms with Crippen molar-refractivity contribution in [3.05, 3.63) is 0 Å². The highest BCUT2D eigenvalue weighted by molar-refractivity contribution is 5.16. The molecule has 23 atom stereocenters. The van der Waals surface area contributed by atoms with Crippen molar-refractivity contribution in [2.24, 2.45) is 52.3 Å². The van der Waals surface area contributed by atoms with Crippen LogP contribution in [-0.2, 0) is 28.4 Å². The summed E-state index contributed by atoms with van der Waals surface area (Å²) in [6.45, 7) is 8.87. The zero-order valence-electron chi connectivity index (χ0n) is 31.6. The lowest BCUT2D eigenvalue weighted by atomic mass is 9.43. The molecule has 4 saturated carbocycles. The summed E-state index contributed by atoms with van der Waals surface area (Å²) < 4.78 is 36.8. The summed E-state index contributed by atoms with van der Waals surface area (Å²) in [4.78, 5) is 0. The van der Waals surface area contributed by atoms with E-state index in [-0.39, 0.29) is 22.9 Å². The molecule has 0 aromatic heterocycles. The highest BCUT2D eigenvalue weighted by atomic mass is 16.7. The van der Waals surface area contributed by atoms with E-state index in [1.54, 1.807) is 0 Å². The molecule has 304 valence electrons. The van der Waals surface area contributed by atoms with Crippen LogP contribution in [0.1, 0.15) is 85.5 Å². The van der Waals surface area contributed by atoms with E-state index in [1.165, 1.54) is 0 Å². The Morgan fingerprint density at radius 1 is 0.698 bits per heavy atom. The van der Waals surface area contributed by atoms with E-state index in [2.05, 4.69) is 27.7 Å². The lowest BCUT2D eigenvalue weighted by molar-refractivity contribution is -0.365. The van der Waals surface area contributed by atoms with Crippen molar-refractivity contribution in [2.45, 2.75) is 171 Å². The summed E-state index contributed by atoms with van der Waals surface area (Å²) in [7, 11) is 0. The number of ether oxygens (including phenoxy) is 6. The van der Waals surface area contributed by atoms with Crippen LogP contribution in [-0.4, -0.2) is 146 Å². The first-order chi connectivity index (χ1) is 25.2. The number of hydrogen-bond acceptors (Lipinski definition) is 14. The van der Waals surface area contributed by atoms with Gasteiger partial charge < -0.3 is 69.3 Å². The molecule has 8 rings (SSSR count). The fourth-order valence-corrected chi connectivity index (χ4v) is 13.3. The van der Waals surface area contributed by atoms with Gasteiger partial charge in [0.25, 0.3) is 0 Å². The molecule has 8 fully saturated rings. The summed E-state index contributed by atoms with van der Waals surface area (Å²) in [6, 6.07) is 0. The molecule has 8 aliphatic rings. The molecule has 53 heavy (non-hydrogen) atoms. The van der Waals surface area contributed by atoms with Crippen molar-refractivity contribution in [3.8, 4) is 0 Å². The predicted octanol–water partition coefficient (Wildman–Crippen LogP) is 0.413. The topological polar surface area (TPSA) is 217 Å². The number of hydrogen-bond donors (Lipinski definition) is 8. The van der Waals surface area contributed by atoms with Crippen LogP contribution in [0, 0.1) is 52.3 Å². The lowest BCUT2D eigenvalue weighted by Gasteiger charge is -2.62. The Balaban J connectivity index is 0.912. The van der Waals surface area contributed by atoms with Gasteiger partial charge in [0.05, 0.1) is 38.1 Å². The second kappa shape index (κ2) is 14.4. The van der Waals surface area contributed by atoms with Crippen LogP contribution >= 0.6 is 0 Å². The van der Waals surface area contributed by atoms with Crippen LogP contribution in [0.3, 0.4) is 0 Å². The Bertz CT molecular complexity index is 1290. The molecule has 4 aliphatic heterocycles. The van der Waals surface area contributed by atoms with Gasteiger partial charge in [0.15, 0.2) is 18.4 Å². The second-order valence-electron chi connectivity index (χ2n) is 18.8. The van der Waals surface area contributed by atoms with Crippen molar-refractivity contribution in [1.29, 1.82) is 0 Å². The van der Waals surface area contributed by atoms with Gasteiger partial charge in [-0.1, -0.05) is 27.7 Å². The third kappa shape index (κ3) is 6.11. The molecular formula is C39H64O14. The number of aliphatic hydroxyl groups excluding tert-OH is 8. The fraction of sp³-hybridized carbons (Fsp3) is 1.00. The first kappa shape index (κ1) is 39.3. The van der Waals surface area contributed by atoms with Crippen LogP contribution in [0.15, 0.2) is 0 Å². The molecule has 4 aliphatic carbocycles. The van der Waals surface area contributed by atoms with Crippen LogP contribution in [0.25, 0.3) is 0 Å². The first-order valence-electron chi connectivity index (χ1n) is 20.4. The quantitative estimate of drug-likeness (QED) is 0.173. The highest BCUT2D eigenvalue weighted by Crippen LogP contribution is 2.71. The molecule has 8 N–H and O–H groups in total. The minimum Gasteiger partial charge on any atom is -0.394 e. The van der Waals surface area contributed by atoms with Gasteiger partial charge in [0.2, 0.25) is 0 Å². The van der Waals surface area contributed by atoms with Gasteiger partial charge in [-0.2, -0.15) is 0 Å². The Morgan fingerprint density at radius 2 is 1.40 bits per heavy atom. The van der Waals surface area contributed by atoms with E-state index in [1.807, 2.05) is 0 Å². The Kier molecular flexibility index (Phi) is 10.6. The minimum absolute atomic E-state index is 0.179. The normalized spacial score (nSPS) is 59.5.